The predicted octanol–water partition coefficient (Wildman–Crippen LogP) is 4.53. The molecule has 1 aliphatic rings. The molecule has 0 radical (unpaired) electrons. The summed E-state index contributed by atoms with van der Waals surface area (Å²) < 4.78 is 7.08. The van der Waals surface area contributed by atoms with Crippen LogP contribution in [0.3, 0.4) is 0 Å². The van der Waals surface area contributed by atoms with Gasteiger partial charge in [-0.15, -0.1) is 0 Å². The summed E-state index contributed by atoms with van der Waals surface area (Å²) in [6.45, 7) is 11.4. The quantitative estimate of drug-likeness (QED) is 0.849. The van der Waals surface area contributed by atoms with E-state index in [4.69, 9.17) is 22.1 Å². The monoisotopic (exact) mass is 375 g/mol. The molecular formula is C19H26ClN5O. The number of hydrogen-bond acceptors (Lipinski definition) is 5. The van der Waals surface area contributed by atoms with Crippen molar-refractivity contribution in [2.45, 2.75) is 47.5 Å². The molecule has 0 spiro atoms. The summed E-state index contributed by atoms with van der Waals surface area (Å²) in [5, 5.41) is 4.80. The summed E-state index contributed by atoms with van der Waals surface area (Å²) in [7, 11) is 0. The van der Waals surface area contributed by atoms with Crippen molar-refractivity contribution >= 4 is 23.0 Å². The van der Waals surface area contributed by atoms with Crippen molar-refractivity contribution in [3.63, 3.8) is 0 Å². The van der Waals surface area contributed by atoms with Gasteiger partial charge in [-0.1, -0.05) is 45.4 Å². The summed E-state index contributed by atoms with van der Waals surface area (Å²) in [5.74, 6) is 1.27. The van der Waals surface area contributed by atoms with E-state index < -0.39 is 0 Å². The molecule has 0 fully saturated rings. The van der Waals surface area contributed by atoms with Gasteiger partial charge in [-0.3, -0.25) is 0 Å². The maximum Gasteiger partial charge on any atom is 0.259 e. The van der Waals surface area contributed by atoms with Crippen LogP contribution in [0.5, 0.6) is 5.88 Å². The van der Waals surface area contributed by atoms with Crippen molar-refractivity contribution in [3.8, 4) is 11.7 Å². The topological polar surface area (TPSA) is 78.9 Å². The molecule has 2 heterocycles. The highest BCUT2D eigenvalue weighted by Crippen LogP contribution is 2.49. The Hall–Kier alpha value is -2.08. The number of anilines is 1. The van der Waals surface area contributed by atoms with Gasteiger partial charge in [-0.05, 0) is 36.2 Å². The van der Waals surface area contributed by atoms with E-state index in [9.17, 15) is 0 Å². The first-order chi connectivity index (χ1) is 12.1. The van der Waals surface area contributed by atoms with E-state index in [0.717, 1.165) is 24.0 Å². The second-order valence-corrected chi connectivity index (χ2v) is 8.61. The maximum atomic E-state index is 6.51. The largest absolute Gasteiger partial charge is 0.475 e. The van der Waals surface area contributed by atoms with Crippen molar-refractivity contribution in [3.05, 3.63) is 29.2 Å². The summed E-state index contributed by atoms with van der Waals surface area (Å²) in [5.41, 5.74) is 8.59. The zero-order valence-electron chi connectivity index (χ0n) is 16.0. The van der Waals surface area contributed by atoms with Crippen LogP contribution in [0, 0.1) is 10.8 Å². The Labute approximate surface area is 159 Å². The van der Waals surface area contributed by atoms with Gasteiger partial charge in [0, 0.05) is 12.4 Å². The van der Waals surface area contributed by atoms with Crippen LogP contribution in [0.15, 0.2) is 18.5 Å². The van der Waals surface area contributed by atoms with E-state index >= 15 is 0 Å². The van der Waals surface area contributed by atoms with Crippen LogP contribution in [0.1, 0.15) is 53.0 Å². The zero-order valence-corrected chi connectivity index (χ0v) is 16.8. The van der Waals surface area contributed by atoms with Crippen LogP contribution in [-0.2, 0) is 0 Å². The fraction of sp³-hybridized carbons (Fsp3) is 0.526. The average molecular weight is 376 g/mol. The lowest BCUT2D eigenvalue weighted by molar-refractivity contribution is 0.229. The minimum absolute atomic E-state index is 0.0674. The first kappa shape index (κ1) is 18.7. The Morgan fingerprint density at radius 2 is 1.92 bits per heavy atom. The third kappa shape index (κ3) is 3.56. The number of nitrogens with two attached hydrogens (primary N) is 1. The first-order valence-electron chi connectivity index (χ1n) is 8.84. The molecule has 1 aliphatic carbocycles. The van der Waals surface area contributed by atoms with Crippen LogP contribution in [0.2, 0.25) is 5.15 Å². The van der Waals surface area contributed by atoms with Crippen molar-refractivity contribution in [2.24, 2.45) is 10.8 Å². The Balaban J connectivity index is 2.12. The number of nitrogen functional groups attached to an aromatic ring is 1. The SMILES string of the molecule is CCOc1nccnc1-n1nc(Cl)c(C2=CC(C)(C)CC(C)(C)C2)c1N. The number of allylic oxidation sites excluding steroid dienone is 2. The van der Waals surface area contributed by atoms with E-state index in [-0.39, 0.29) is 10.8 Å². The number of aromatic nitrogens is 4. The van der Waals surface area contributed by atoms with E-state index in [2.05, 4.69) is 48.8 Å². The highest BCUT2D eigenvalue weighted by Gasteiger charge is 2.35. The lowest BCUT2D eigenvalue weighted by Crippen LogP contribution is -2.26. The minimum atomic E-state index is 0.0674. The van der Waals surface area contributed by atoms with Gasteiger partial charge in [0.1, 0.15) is 5.82 Å². The fourth-order valence-electron chi connectivity index (χ4n) is 4.11. The summed E-state index contributed by atoms with van der Waals surface area (Å²) in [4.78, 5) is 8.56. The molecule has 0 amide bonds. The van der Waals surface area contributed by atoms with Gasteiger partial charge in [0.2, 0.25) is 5.82 Å². The Kier molecular flexibility index (Phi) is 4.73. The second kappa shape index (κ2) is 6.58. The number of hydrogen-bond donors (Lipinski definition) is 1. The molecule has 2 N–H and O–H groups in total. The van der Waals surface area contributed by atoms with Crippen LogP contribution >= 0.6 is 11.6 Å². The average Bonchev–Trinajstić information content (AvgIpc) is 2.80. The van der Waals surface area contributed by atoms with Crippen molar-refractivity contribution in [1.29, 1.82) is 0 Å². The molecule has 6 nitrogen and oxygen atoms in total. The third-order valence-corrected chi connectivity index (χ3v) is 4.76. The van der Waals surface area contributed by atoms with E-state index in [1.165, 1.54) is 4.68 Å². The summed E-state index contributed by atoms with van der Waals surface area (Å²) in [6.07, 6.45) is 7.42. The van der Waals surface area contributed by atoms with Gasteiger partial charge in [0.25, 0.3) is 5.88 Å². The Bertz CT molecular complexity index is 854. The standard InChI is InChI=1S/C19H26ClN5O/c1-6-26-17-16(22-7-8-23-17)25-15(21)13(14(20)24-25)12-9-18(2,3)11-19(4,5)10-12/h7-9H,6,10-11,21H2,1-5H3. The molecule has 0 aliphatic heterocycles. The predicted molar refractivity (Wildman–Crippen MR) is 105 cm³/mol. The highest BCUT2D eigenvalue weighted by atomic mass is 35.5. The van der Waals surface area contributed by atoms with E-state index in [1.54, 1.807) is 12.4 Å². The normalized spacial score (nSPS) is 18.5. The molecule has 0 saturated heterocycles. The third-order valence-electron chi connectivity index (χ3n) is 4.50. The summed E-state index contributed by atoms with van der Waals surface area (Å²) >= 11 is 6.51. The number of ether oxygens (including phenoxy) is 1. The maximum absolute atomic E-state index is 6.51. The number of nitrogens with zero attached hydrogens (tertiary/aromatic N) is 4. The summed E-state index contributed by atoms with van der Waals surface area (Å²) in [6, 6.07) is 0. The van der Waals surface area contributed by atoms with Gasteiger partial charge in [0.15, 0.2) is 5.15 Å². The Morgan fingerprint density at radius 1 is 1.23 bits per heavy atom. The van der Waals surface area contributed by atoms with Gasteiger partial charge < -0.3 is 10.5 Å². The smallest absolute Gasteiger partial charge is 0.259 e. The van der Waals surface area contributed by atoms with Crippen molar-refractivity contribution in [1.82, 2.24) is 19.7 Å². The molecule has 0 atom stereocenters. The van der Waals surface area contributed by atoms with Crippen molar-refractivity contribution in [2.75, 3.05) is 12.3 Å². The fourth-order valence-corrected chi connectivity index (χ4v) is 4.40. The number of rotatable bonds is 4. The van der Waals surface area contributed by atoms with Gasteiger partial charge >= 0.3 is 0 Å². The molecule has 2 aromatic rings. The van der Waals surface area contributed by atoms with Crippen LogP contribution in [-0.4, -0.2) is 26.4 Å². The second-order valence-electron chi connectivity index (χ2n) is 8.26. The molecule has 2 aromatic heterocycles. The zero-order chi connectivity index (χ0) is 19.1. The van der Waals surface area contributed by atoms with E-state index in [0.29, 0.717) is 29.3 Å². The van der Waals surface area contributed by atoms with Gasteiger partial charge in [0.05, 0.1) is 12.2 Å². The molecule has 26 heavy (non-hydrogen) atoms. The van der Waals surface area contributed by atoms with Gasteiger partial charge in [-0.2, -0.15) is 9.78 Å². The molecule has 140 valence electrons. The Morgan fingerprint density at radius 3 is 2.58 bits per heavy atom. The molecule has 3 rings (SSSR count). The lowest BCUT2D eigenvalue weighted by atomic mass is 9.66. The minimum Gasteiger partial charge on any atom is -0.475 e. The van der Waals surface area contributed by atoms with Crippen LogP contribution < -0.4 is 10.5 Å². The molecule has 7 heteroatoms. The first-order valence-corrected chi connectivity index (χ1v) is 9.21. The van der Waals surface area contributed by atoms with E-state index in [1.807, 2.05) is 6.92 Å². The molecule has 0 aromatic carbocycles. The molecule has 0 bridgehead atoms. The van der Waals surface area contributed by atoms with Crippen LogP contribution in [0.4, 0.5) is 5.82 Å². The highest BCUT2D eigenvalue weighted by molar-refractivity contribution is 6.31. The lowest BCUT2D eigenvalue weighted by Gasteiger charge is -2.39. The van der Waals surface area contributed by atoms with Crippen molar-refractivity contribution < 1.29 is 4.74 Å². The molecule has 0 unspecified atom stereocenters. The molecule has 0 saturated carbocycles. The van der Waals surface area contributed by atoms with Gasteiger partial charge in [-0.25, -0.2) is 9.97 Å². The van der Waals surface area contributed by atoms with Crippen LogP contribution in [0.25, 0.3) is 11.4 Å². The molecular weight excluding hydrogens is 350 g/mol. The number of halogens is 1.